The lowest BCUT2D eigenvalue weighted by molar-refractivity contribution is 0.102. The van der Waals surface area contributed by atoms with Gasteiger partial charge in [-0.15, -0.1) is 0 Å². The number of benzene rings is 2. The number of methoxy groups -OCH3 is 1. The molecular formula is C20H18N2O2. The second kappa shape index (κ2) is 6.96. The predicted molar refractivity (Wildman–Crippen MR) is 95.4 cm³/mol. The van der Waals surface area contributed by atoms with Gasteiger partial charge in [0.15, 0.2) is 0 Å². The number of hydrogen-bond donors (Lipinski definition) is 1. The molecule has 0 aliphatic heterocycles. The molecule has 4 heteroatoms. The number of pyridine rings is 1. The van der Waals surface area contributed by atoms with E-state index in [1.54, 1.807) is 25.4 Å². The lowest BCUT2D eigenvalue weighted by Gasteiger charge is -2.10. The smallest absolute Gasteiger partial charge is 0.255 e. The molecule has 3 aromatic rings. The third kappa shape index (κ3) is 3.43. The fourth-order valence-electron chi connectivity index (χ4n) is 2.43. The van der Waals surface area contributed by atoms with Gasteiger partial charge in [-0.05, 0) is 48.9 Å². The summed E-state index contributed by atoms with van der Waals surface area (Å²) in [5, 5.41) is 2.87. The standard InChI is InChI=1S/C20H18N2O2/c1-14-11-12-21-18(13-14)15-7-9-16(10-8-15)20(23)22-17-5-3-4-6-19(17)24-2/h3-13H,1-2H3,(H,22,23). The number of carbonyl (C=O) groups excluding carboxylic acids is 1. The molecule has 0 aliphatic carbocycles. The highest BCUT2D eigenvalue weighted by Crippen LogP contribution is 2.24. The van der Waals surface area contributed by atoms with E-state index in [4.69, 9.17) is 4.74 Å². The van der Waals surface area contributed by atoms with Crippen molar-refractivity contribution in [2.24, 2.45) is 0 Å². The van der Waals surface area contributed by atoms with Gasteiger partial charge < -0.3 is 10.1 Å². The van der Waals surface area contributed by atoms with Crippen molar-refractivity contribution in [1.82, 2.24) is 4.98 Å². The summed E-state index contributed by atoms with van der Waals surface area (Å²) in [6.07, 6.45) is 1.78. The summed E-state index contributed by atoms with van der Waals surface area (Å²) < 4.78 is 5.25. The molecule has 0 atom stereocenters. The van der Waals surface area contributed by atoms with E-state index in [2.05, 4.69) is 10.3 Å². The molecule has 0 unspecified atom stereocenters. The van der Waals surface area contributed by atoms with Crippen molar-refractivity contribution in [3.8, 4) is 17.0 Å². The van der Waals surface area contributed by atoms with Gasteiger partial charge in [0.05, 0.1) is 18.5 Å². The number of para-hydroxylation sites is 2. The number of nitrogens with zero attached hydrogens (tertiary/aromatic N) is 1. The second-order valence-electron chi connectivity index (χ2n) is 5.45. The van der Waals surface area contributed by atoms with Gasteiger partial charge in [0.25, 0.3) is 5.91 Å². The number of aryl methyl sites for hydroxylation is 1. The molecule has 4 nitrogen and oxygen atoms in total. The van der Waals surface area contributed by atoms with E-state index in [9.17, 15) is 4.79 Å². The Balaban J connectivity index is 1.79. The van der Waals surface area contributed by atoms with E-state index in [0.29, 0.717) is 17.0 Å². The number of amides is 1. The normalized spacial score (nSPS) is 10.2. The number of ether oxygens (including phenoxy) is 1. The van der Waals surface area contributed by atoms with Crippen molar-refractivity contribution >= 4 is 11.6 Å². The summed E-state index contributed by atoms with van der Waals surface area (Å²) in [5.41, 5.74) is 4.25. The number of aromatic nitrogens is 1. The van der Waals surface area contributed by atoms with Gasteiger partial charge in [0.2, 0.25) is 0 Å². The van der Waals surface area contributed by atoms with Crippen molar-refractivity contribution in [3.05, 3.63) is 78.0 Å². The Morgan fingerprint density at radius 3 is 2.50 bits per heavy atom. The Morgan fingerprint density at radius 1 is 1.04 bits per heavy atom. The predicted octanol–water partition coefficient (Wildman–Crippen LogP) is 4.32. The molecule has 0 saturated heterocycles. The molecule has 1 aromatic heterocycles. The molecule has 3 rings (SSSR count). The van der Waals surface area contributed by atoms with Crippen molar-refractivity contribution in [1.29, 1.82) is 0 Å². The van der Waals surface area contributed by atoms with Gasteiger partial charge in [-0.1, -0.05) is 24.3 Å². The van der Waals surface area contributed by atoms with Crippen molar-refractivity contribution in [2.75, 3.05) is 12.4 Å². The fraction of sp³-hybridized carbons (Fsp3) is 0.100. The Morgan fingerprint density at radius 2 is 1.79 bits per heavy atom. The number of nitrogens with one attached hydrogen (secondary N) is 1. The van der Waals surface area contributed by atoms with Crippen LogP contribution in [-0.2, 0) is 0 Å². The lowest BCUT2D eigenvalue weighted by Crippen LogP contribution is -2.12. The lowest BCUT2D eigenvalue weighted by atomic mass is 10.1. The summed E-state index contributed by atoms with van der Waals surface area (Å²) in [4.78, 5) is 16.8. The molecule has 1 N–H and O–H groups in total. The minimum absolute atomic E-state index is 0.178. The van der Waals surface area contributed by atoms with Gasteiger partial charge >= 0.3 is 0 Å². The minimum Gasteiger partial charge on any atom is -0.495 e. The summed E-state index contributed by atoms with van der Waals surface area (Å²) >= 11 is 0. The fourth-order valence-corrected chi connectivity index (χ4v) is 2.43. The number of rotatable bonds is 4. The maximum atomic E-state index is 12.4. The van der Waals surface area contributed by atoms with Crippen LogP contribution in [0.3, 0.4) is 0 Å². The first-order valence-electron chi connectivity index (χ1n) is 7.65. The van der Waals surface area contributed by atoms with Crippen molar-refractivity contribution in [3.63, 3.8) is 0 Å². The highest BCUT2D eigenvalue weighted by atomic mass is 16.5. The van der Waals surface area contributed by atoms with Crippen LogP contribution in [0.5, 0.6) is 5.75 Å². The SMILES string of the molecule is COc1ccccc1NC(=O)c1ccc(-c2cc(C)ccn2)cc1. The van der Waals surface area contributed by atoms with Crippen LogP contribution >= 0.6 is 0 Å². The van der Waals surface area contributed by atoms with Crippen LogP contribution in [0, 0.1) is 6.92 Å². The van der Waals surface area contributed by atoms with Crippen LogP contribution < -0.4 is 10.1 Å². The van der Waals surface area contributed by atoms with Crippen LogP contribution in [-0.4, -0.2) is 18.0 Å². The van der Waals surface area contributed by atoms with E-state index < -0.39 is 0 Å². The Bertz CT molecular complexity index is 858. The molecule has 0 saturated carbocycles. The zero-order valence-electron chi connectivity index (χ0n) is 13.6. The highest BCUT2D eigenvalue weighted by Gasteiger charge is 2.09. The zero-order valence-corrected chi connectivity index (χ0v) is 13.6. The largest absolute Gasteiger partial charge is 0.495 e. The van der Waals surface area contributed by atoms with Gasteiger partial charge in [-0.3, -0.25) is 9.78 Å². The molecule has 0 aliphatic rings. The topological polar surface area (TPSA) is 51.2 Å². The third-order valence-electron chi connectivity index (χ3n) is 3.71. The van der Waals surface area contributed by atoms with Crippen LogP contribution in [0.25, 0.3) is 11.3 Å². The quantitative estimate of drug-likeness (QED) is 0.779. The van der Waals surface area contributed by atoms with Gasteiger partial charge in [-0.25, -0.2) is 0 Å². The maximum absolute atomic E-state index is 12.4. The first-order chi connectivity index (χ1) is 11.7. The second-order valence-corrected chi connectivity index (χ2v) is 5.45. The molecule has 0 radical (unpaired) electrons. The Hall–Kier alpha value is -3.14. The Kier molecular flexibility index (Phi) is 4.57. The molecule has 1 amide bonds. The van der Waals surface area contributed by atoms with E-state index in [-0.39, 0.29) is 5.91 Å². The molecule has 0 fully saturated rings. The number of hydrogen-bond acceptors (Lipinski definition) is 3. The van der Waals surface area contributed by atoms with Crippen molar-refractivity contribution in [2.45, 2.75) is 6.92 Å². The average Bonchev–Trinajstić information content (AvgIpc) is 2.62. The molecule has 1 heterocycles. The number of carbonyl (C=O) groups is 1. The summed E-state index contributed by atoms with van der Waals surface area (Å²) in [6.45, 7) is 2.03. The van der Waals surface area contributed by atoms with Crippen LogP contribution in [0.2, 0.25) is 0 Å². The van der Waals surface area contributed by atoms with E-state index in [1.165, 1.54) is 0 Å². The van der Waals surface area contributed by atoms with Crippen LogP contribution in [0.15, 0.2) is 66.9 Å². The summed E-state index contributed by atoms with van der Waals surface area (Å²) in [5.74, 6) is 0.453. The molecule has 0 spiro atoms. The Labute approximate surface area is 141 Å². The maximum Gasteiger partial charge on any atom is 0.255 e. The molecule has 0 bridgehead atoms. The van der Waals surface area contributed by atoms with E-state index in [0.717, 1.165) is 16.8 Å². The van der Waals surface area contributed by atoms with Gasteiger partial charge in [0, 0.05) is 17.3 Å². The van der Waals surface area contributed by atoms with E-state index in [1.807, 2.05) is 55.5 Å². The first kappa shape index (κ1) is 15.7. The first-order valence-corrected chi connectivity index (χ1v) is 7.65. The monoisotopic (exact) mass is 318 g/mol. The summed E-state index contributed by atoms with van der Waals surface area (Å²) in [7, 11) is 1.58. The van der Waals surface area contributed by atoms with E-state index >= 15 is 0 Å². The molecular weight excluding hydrogens is 300 g/mol. The molecule has 24 heavy (non-hydrogen) atoms. The van der Waals surface area contributed by atoms with Gasteiger partial charge in [-0.2, -0.15) is 0 Å². The third-order valence-corrected chi connectivity index (χ3v) is 3.71. The highest BCUT2D eigenvalue weighted by molar-refractivity contribution is 6.05. The van der Waals surface area contributed by atoms with Crippen molar-refractivity contribution < 1.29 is 9.53 Å². The van der Waals surface area contributed by atoms with Crippen LogP contribution in [0.1, 0.15) is 15.9 Å². The summed E-state index contributed by atoms with van der Waals surface area (Å²) in [6, 6.07) is 18.7. The molecule has 2 aromatic carbocycles. The zero-order chi connectivity index (χ0) is 16.9. The average molecular weight is 318 g/mol. The van der Waals surface area contributed by atoms with Crippen LogP contribution in [0.4, 0.5) is 5.69 Å². The molecule has 120 valence electrons. The minimum atomic E-state index is -0.178. The van der Waals surface area contributed by atoms with Gasteiger partial charge in [0.1, 0.15) is 5.75 Å². The number of anilines is 1.